The summed E-state index contributed by atoms with van der Waals surface area (Å²) in [5.41, 5.74) is 2.15. The predicted molar refractivity (Wildman–Crippen MR) is 110 cm³/mol. The van der Waals surface area contributed by atoms with Crippen molar-refractivity contribution in [2.24, 2.45) is 0 Å². The molecule has 0 aliphatic carbocycles. The van der Waals surface area contributed by atoms with Crippen molar-refractivity contribution in [3.8, 4) is 0 Å². The number of hydrogen-bond acceptors (Lipinski definition) is 4. The Bertz CT molecular complexity index is 958. The van der Waals surface area contributed by atoms with Crippen molar-refractivity contribution in [1.82, 2.24) is 14.8 Å². The van der Waals surface area contributed by atoms with Crippen LogP contribution in [0.4, 0.5) is 10.1 Å². The van der Waals surface area contributed by atoms with Crippen LogP contribution >= 0.6 is 11.8 Å². The summed E-state index contributed by atoms with van der Waals surface area (Å²) in [6.45, 7) is 6.23. The molecule has 0 bridgehead atoms. The number of amides is 1. The molecule has 3 rings (SSSR count). The van der Waals surface area contributed by atoms with Gasteiger partial charge in [0.25, 0.3) is 0 Å². The molecule has 7 heteroatoms. The van der Waals surface area contributed by atoms with Crippen LogP contribution in [-0.4, -0.2) is 25.9 Å². The monoisotopic (exact) mass is 398 g/mol. The number of hydrogen-bond donors (Lipinski definition) is 1. The molecule has 1 N–H and O–H groups in total. The molecule has 1 aromatic heterocycles. The zero-order valence-corrected chi connectivity index (χ0v) is 17.0. The Balaban J connectivity index is 1.68. The van der Waals surface area contributed by atoms with Crippen molar-refractivity contribution >= 4 is 23.4 Å². The molecule has 0 saturated carbocycles. The van der Waals surface area contributed by atoms with Gasteiger partial charge in [0, 0.05) is 18.7 Å². The van der Waals surface area contributed by atoms with E-state index in [-0.39, 0.29) is 11.7 Å². The van der Waals surface area contributed by atoms with Gasteiger partial charge in [0.2, 0.25) is 5.91 Å². The molecule has 1 amide bonds. The van der Waals surface area contributed by atoms with E-state index in [0.717, 1.165) is 17.9 Å². The highest BCUT2D eigenvalue weighted by Gasteiger charge is 2.20. The summed E-state index contributed by atoms with van der Waals surface area (Å²) < 4.78 is 15.7. The Morgan fingerprint density at radius 2 is 1.96 bits per heavy atom. The van der Waals surface area contributed by atoms with Crippen LogP contribution in [0.2, 0.25) is 0 Å². The molecule has 0 saturated heterocycles. The van der Waals surface area contributed by atoms with Crippen molar-refractivity contribution < 1.29 is 9.18 Å². The van der Waals surface area contributed by atoms with Crippen molar-refractivity contribution in [1.29, 1.82) is 0 Å². The number of anilines is 1. The number of nitrogens with one attached hydrogen (secondary N) is 1. The van der Waals surface area contributed by atoms with E-state index < -0.39 is 5.25 Å². The van der Waals surface area contributed by atoms with Gasteiger partial charge in [-0.05, 0) is 44.0 Å². The molecule has 5 nitrogen and oxygen atoms in total. The lowest BCUT2D eigenvalue weighted by Gasteiger charge is -2.13. The fraction of sp³-hybridized carbons (Fsp3) is 0.286. The third-order valence-electron chi connectivity index (χ3n) is 4.41. The van der Waals surface area contributed by atoms with Crippen LogP contribution in [0, 0.1) is 12.7 Å². The van der Waals surface area contributed by atoms with Gasteiger partial charge in [-0.3, -0.25) is 4.79 Å². The Labute approximate surface area is 168 Å². The highest BCUT2D eigenvalue weighted by atomic mass is 32.2. The van der Waals surface area contributed by atoms with Crippen LogP contribution in [-0.2, 0) is 17.8 Å². The standard InChI is InChI=1S/C21H23FN4OS/c1-4-26-19(12-16-8-6-5-7-9-16)24-25-21(26)28-15(3)20(27)23-17-11-10-14(2)18(22)13-17/h5-11,13,15H,4,12H2,1-3H3,(H,23,27)/t15-/m0/s1. The molecule has 0 unspecified atom stereocenters. The largest absolute Gasteiger partial charge is 0.325 e. The normalized spacial score (nSPS) is 12.0. The van der Waals surface area contributed by atoms with E-state index in [1.165, 1.54) is 17.8 Å². The average molecular weight is 399 g/mol. The maximum Gasteiger partial charge on any atom is 0.237 e. The van der Waals surface area contributed by atoms with Crippen LogP contribution in [0.3, 0.4) is 0 Å². The Kier molecular flexibility index (Phi) is 6.46. The summed E-state index contributed by atoms with van der Waals surface area (Å²) in [6, 6.07) is 14.8. The zero-order chi connectivity index (χ0) is 20.1. The molecule has 1 heterocycles. The highest BCUT2D eigenvalue weighted by Crippen LogP contribution is 2.24. The Morgan fingerprint density at radius 1 is 1.21 bits per heavy atom. The van der Waals surface area contributed by atoms with Crippen LogP contribution in [0.1, 0.15) is 30.8 Å². The zero-order valence-electron chi connectivity index (χ0n) is 16.1. The van der Waals surface area contributed by atoms with E-state index in [1.54, 1.807) is 26.0 Å². The number of thioether (sulfide) groups is 1. The molecule has 28 heavy (non-hydrogen) atoms. The molecule has 1 atom stereocenters. The smallest absolute Gasteiger partial charge is 0.237 e. The summed E-state index contributed by atoms with van der Waals surface area (Å²) in [4.78, 5) is 12.5. The van der Waals surface area contributed by atoms with Crippen molar-refractivity contribution in [2.45, 2.75) is 44.1 Å². The quantitative estimate of drug-likeness (QED) is 0.597. The first-order valence-electron chi connectivity index (χ1n) is 9.17. The van der Waals surface area contributed by atoms with E-state index in [4.69, 9.17) is 0 Å². The SMILES string of the molecule is CCn1c(Cc2ccccc2)nnc1S[C@@H](C)C(=O)Nc1ccc(C)c(F)c1. The first kappa shape index (κ1) is 20.1. The lowest BCUT2D eigenvalue weighted by atomic mass is 10.1. The first-order valence-corrected chi connectivity index (χ1v) is 10.1. The van der Waals surface area contributed by atoms with E-state index in [0.29, 0.717) is 22.8 Å². The Morgan fingerprint density at radius 3 is 2.64 bits per heavy atom. The second-order valence-corrected chi connectivity index (χ2v) is 7.83. The fourth-order valence-corrected chi connectivity index (χ4v) is 3.69. The molecule has 0 aliphatic rings. The van der Waals surface area contributed by atoms with Crippen molar-refractivity contribution in [3.05, 3.63) is 71.3 Å². The number of carbonyl (C=O) groups is 1. The number of carbonyl (C=O) groups excluding carboxylic acids is 1. The predicted octanol–water partition coefficient (Wildman–Crippen LogP) is 4.46. The van der Waals surface area contributed by atoms with E-state index in [2.05, 4.69) is 27.6 Å². The lowest BCUT2D eigenvalue weighted by molar-refractivity contribution is -0.115. The maximum atomic E-state index is 13.7. The highest BCUT2D eigenvalue weighted by molar-refractivity contribution is 8.00. The third-order valence-corrected chi connectivity index (χ3v) is 5.49. The van der Waals surface area contributed by atoms with Crippen LogP contribution < -0.4 is 5.32 Å². The van der Waals surface area contributed by atoms with Gasteiger partial charge in [-0.2, -0.15) is 0 Å². The number of halogens is 1. The Hall–Kier alpha value is -2.67. The summed E-state index contributed by atoms with van der Waals surface area (Å²) >= 11 is 1.34. The van der Waals surface area contributed by atoms with Gasteiger partial charge in [-0.15, -0.1) is 10.2 Å². The van der Waals surface area contributed by atoms with Gasteiger partial charge in [0.05, 0.1) is 5.25 Å². The van der Waals surface area contributed by atoms with Crippen LogP contribution in [0.25, 0.3) is 0 Å². The second-order valence-electron chi connectivity index (χ2n) is 6.52. The van der Waals surface area contributed by atoms with Crippen LogP contribution in [0.5, 0.6) is 0 Å². The van der Waals surface area contributed by atoms with Gasteiger partial charge in [0.15, 0.2) is 5.16 Å². The number of benzene rings is 2. The number of rotatable bonds is 7. The topological polar surface area (TPSA) is 59.8 Å². The molecule has 146 valence electrons. The number of nitrogens with zero attached hydrogens (tertiary/aromatic N) is 3. The van der Waals surface area contributed by atoms with Crippen molar-refractivity contribution in [3.63, 3.8) is 0 Å². The minimum atomic E-state index is -0.400. The summed E-state index contributed by atoms with van der Waals surface area (Å²) in [5, 5.41) is 11.6. The molecule has 2 aromatic carbocycles. The number of aromatic nitrogens is 3. The average Bonchev–Trinajstić information content (AvgIpc) is 3.06. The summed E-state index contributed by atoms with van der Waals surface area (Å²) in [6.07, 6.45) is 0.686. The maximum absolute atomic E-state index is 13.7. The van der Waals surface area contributed by atoms with Crippen LogP contribution in [0.15, 0.2) is 53.7 Å². The molecule has 0 aliphatic heterocycles. The second kappa shape index (κ2) is 9.01. The number of aryl methyl sites for hydroxylation is 1. The van der Waals surface area contributed by atoms with E-state index in [9.17, 15) is 9.18 Å². The molecular formula is C21H23FN4OS. The molecule has 3 aromatic rings. The van der Waals surface area contributed by atoms with Gasteiger partial charge < -0.3 is 9.88 Å². The minimum absolute atomic E-state index is 0.205. The molecular weight excluding hydrogens is 375 g/mol. The van der Waals surface area contributed by atoms with Gasteiger partial charge >= 0.3 is 0 Å². The van der Waals surface area contributed by atoms with Gasteiger partial charge in [-0.25, -0.2) is 4.39 Å². The van der Waals surface area contributed by atoms with Gasteiger partial charge in [-0.1, -0.05) is 48.2 Å². The molecule has 0 spiro atoms. The summed E-state index contributed by atoms with van der Waals surface area (Å²) in [5.74, 6) is 0.322. The summed E-state index contributed by atoms with van der Waals surface area (Å²) in [7, 11) is 0. The minimum Gasteiger partial charge on any atom is -0.325 e. The van der Waals surface area contributed by atoms with E-state index in [1.807, 2.05) is 29.7 Å². The van der Waals surface area contributed by atoms with E-state index >= 15 is 0 Å². The fourth-order valence-electron chi connectivity index (χ4n) is 2.76. The van der Waals surface area contributed by atoms with Crippen molar-refractivity contribution in [2.75, 3.05) is 5.32 Å². The van der Waals surface area contributed by atoms with Gasteiger partial charge in [0.1, 0.15) is 11.6 Å². The molecule has 0 radical (unpaired) electrons. The first-order chi connectivity index (χ1) is 13.5. The third kappa shape index (κ3) is 4.78. The molecule has 0 fully saturated rings. The lowest BCUT2D eigenvalue weighted by Crippen LogP contribution is -2.23.